The number of ether oxygens (including phenoxy) is 1. The maximum absolute atomic E-state index is 12.9. The SMILES string of the molecule is CN(C)c1cnc(N2CCn3nc(COc4ccccc4)cc3C2=O)cn1. The van der Waals surface area contributed by atoms with Gasteiger partial charge in [0.15, 0.2) is 5.82 Å². The summed E-state index contributed by atoms with van der Waals surface area (Å²) >= 11 is 0. The third kappa shape index (κ3) is 3.46. The van der Waals surface area contributed by atoms with E-state index >= 15 is 0 Å². The van der Waals surface area contributed by atoms with Gasteiger partial charge in [-0.3, -0.25) is 14.4 Å². The van der Waals surface area contributed by atoms with Crippen molar-refractivity contribution in [2.75, 3.05) is 30.4 Å². The summed E-state index contributed by atoms with van der Waals surface area (Å²) in [7, 11) is 3.79. The Morgan fingerprint density at radius 1 is 1.11 bits per heavy atom. The van der Waals surface area contributed by atoms with Crippen molar-refractivity contribution in [3.63, 3.8) is 0 Å². The molecule has 0 N–H and O–H groups in total. The second-order valence-electron chi connectivity index (χ2n) is 6.43. The molecule has 0 aliphatic carbocycles. The standard InChI is InChI=1S/C19H20N6O2/c1-23(2)17-11-21-18(12-20-17)24-8-9-25-16(19(24)26)10-14(22-25)13-27-15-6-4-3-5-7-15/h3-7,10-12H,8-9,13H2,1-2H3. The molecule has 4 rings (SSSR count). The van der Waals surface area contributed by atoms with Crippen LogP contribution in [-0.2, 0) is 13.2 Å². The van der Waals surface area contributed by atoms with Crippen LogP contribution in [0.3, 0.4) is 0 Å². The maximum Gasteiger partial charge on any atom is 0.277 e. The van der Waals surface area contributed by atoms with Crippen molar-refractivity contribution >= 4 is 17.5 Å². The van der Waals surface area contributed by atoms with Crippen LogP contribution in [0.2, 0.25) is 0 Å². The van der Waals surface area contributed by atoms with E-state index in [0.29, 0.717) is 31.2 Å². The van der Waals surface area contributed by atoms with Crippen LogP contribution in [0.25, 0.3) is 0 Å². The fourth-order valence-electron chi connectivity index (χ4n) is 2.90. The summed E-state index contributed by atoms with van der Waals surface area (Å²) in [4.78, 5) is 25.1. The highest BCUT2D eigenvalue weighted by Crippen LogP contribution is 2.21. The van der Waals surface area contributed by atoms with Gasteiger partial charge in [0.25, 0.3) is 5.91 Å². The number of para-hydroxylation sites is 1. The molecule has 0 atom stereocenters. The minimum Gasteiger partial charge on any atom is -0.487 e. The summed E-state index contributed by atoms with van der Waals surface area (Å²) < 4.78 is 7.45. The van der Waals surface area contributed by atoms with Crippen LogP contribution >= 0.6 is 0 Å². The molecule has 3 aromatic rings. The quantitative estimate of drug-likeness (QED) is 0.689. The Balaban J connectivity index is 1.49. The molecular weight excluding hydrogens is 344 g/mol. The third-order valence-corrected chi connectivity index (χ3v) is 4.32. The molecule has 1 aliphatic heterocycles. The molecule has 1 aromatic carbocycles. The maximum atomic E-state index is 12.9. The molecule has 27 heavy (non-hydrogen) atoms. The van der Waals surface area contributed by atoms with Crippen LogP contribution in [0.1, 0.15) is 16.2 Å². The first-order valence-corrected chi connectivity index (χ1v) is 8.67. The van der Waals surface area contributed by atoms with Gasteiger partial charge in [-0.05, 0) is 18.2 Å². The molecule has 0 bridgehead atoms. The lowest BCUT2D eigenvalue weighted by Crippen LogP contribution is -2.41. The van der Waals surface area contributed by atoms with Gasteiger partial charge < -0.3 is 9.64 Å². The van der Waals surface area contributed by atoms with Crippen molar-refractivity contribution < 1.29 is 9.53 Å². The third-order valence-electron chi connectivity index (χ3n) is 4.32. The van der Waals surface area contributed by atoms with Gasteiger partial charge >= 0.3 is 0 Å². The first-order chi connectivity index (χ1) is 13.1. The van der Waals surface area contributed by atoms with Crippen molar-refractivity contribution in [2.45, 2.75) is 13.2 Å². The molecule has 0 radical (unpaired) electrons. The average molecular weight is 364 g/mol. The van der Waals surface area contributed by atoms with E-state index in [2.05, 4.69) is 15.1 Å². The van der Waals surface area contributed by atoms with Crippen molar-refractivity contribution in [3.05, 3.63) is 60.2 Å². The minimum atomic E-state index is -0.133. The molecule has 3 heterocycles. The number of carbonyl (C=O) groups is 1. The van der Waals surface area contributed by atoms with Gasteiger partial charge in [-0.25, -0.2) is 9.97 Å². The topological polar surface area (TPSA) is 76.4 Å². The second-order valence-corrected chi connectivity index (χ2v) is 6.43. The van der Waals surface area contributed by atoms with E-state index in [1.165, 1.54) is 0 Å². The van der Waals surface area contributed by atoms with E-state index in [0.717, 1.165) is 17.3 Å². The van der Waals surface area contributed by atoms with Crippen molar-refractivity contribution in [1.29, 1.82) is 0 Å². The van der Waals surface area contributed by atoms with Crippen molar-refractivity contribution in [3.8, 4) is 5.75 Å². The van der Waals surface area contributed by atoms with E-state index < -0.39 is 0 Å². The smallest absolute Gasteiger partial charge is 0.277 e. The Morgan fingerprint density at radius 3 is 2.63 bits per heavy atom. The van der Waals surface area contributed by atoms with Gasteiger partial charge in [-0.15, -0.1) is 0 Å². The van der Waals surface area contributed by atoms with Crippen LogP contribution in [0, 0.1) is 0 Å². The Bertz CT molecular complexity index is 937. The minimum absolute atomic E-state index is 0.133. The molecule has 0 saturated heterocycles. The molecule has 1 aliphatic rings. The number of hydrogen-bond donors (Lipinski definition) is 0. The number of fused-ring (bicyclic) bond motifs is 1. The molecule has 8 heteroatoms. The zero-order valence-corrected chi connectivity index (χ0v) is 15.2. The van der Waals surface area contributed by atoms with Crippen molar-refractivity contribution in [1.82, 2.24) is 19.7 Å². The molecule has 0 saturated carbocycles. The summed E-state index contributed by atoms with van der Waals surface area (Å²) in [6, 6.07) is 11.3. The van der Waals surface area contributed by atoms with Gasteiger partial charge in [-0.1, -0.05) is 18.2 Å². The molecule has 0 unspecified atom stereocenters. The zero-order valence-electron chi connectivity index (χ0n) is 15.2. The highest BCUT2D eigenvalue weighted by atomic mass is 16.5. The largest absolute Gasteiger partial charge is 0.487 e. The highest BCUT2D eigenvalue weighted by molar-refractivity contribution is 6.05. The van der Waals surface area contributed by atoms with E-state index in [1.54, 1.807) is 28.0 Å². The fourth-order valence-corrected chi connectivity index (χ4v) is 2.90. The fraction of sp³-hybridized carbons (Fsp3) is 0.263. The van der Waals surface area contributed by atoms with Gasteiger partial charge in [0.2, 0.25) is 0 Å². The number of aromatic nitrogens is 4. The Labute approximate surface area is 157 Å². The van der Waals surface area contributed by atoms with Crippen LogP contribution in [0.15, 0.2) is 48.8 Å². The Morgan fingerprint density at radius 2 is 1.93 bits per heavy atom. The second kappa shape index (κ2) is 7.06. The van der Waals surface area contributed by atoms with Crippen molar-refractivity contribution in [2.24, 2.45) is 0 Å². The summed E-state index contributed by atoms with van der Waals surface area (Å²) in [5.74, 6) is 1.92. The number of rotatable bonds is 5. The zero-order chi connectivity index (χ0) is 18.8. The lowest BCUT2D eigenvalue weighted by Gasteiger charge is -2.26. The first kappa shape index (κ1) is 17.0. The number of carbonyl (C=O) groups excluding carboxylic acids is 1. The summed E-state index contributed by atoms with van der Waals surface area (Å²) in [6.45, 7) is 1.42. The normalized spacial score (nSPS) is 13.4. The molecule has 1 amide bonds. The van der Waals surface area contributed by atoms with Gasteiger partial charge in [0.1, 0.15) is 29.6 Å². The molecule has 0 fully saturated rings. The summed E-state index contributed by atoms with van der Waals surface area (Å²) in [6.07, 6.45) is 3.28. The predicted molar refractivity (Wildman–Crippen MR) is 101 cm³/mol. The number of benzene rings is 1. The molecule has 0 spiro atoms. The van der Waals surface area contributed by atoms with Crippen LogP contribution in [0.4, 0.5) is 11.6 Å². The van der Waals surface area contributed by atoms with Gasteiger partial charge in [0, 0.05) is 20.6 Å². The van der Waals surface area contributed by atoms with E-state index in [9.17, 15) is 4.79 Å². The predicted octanol–water partition coefficient (Wildman–Crippen LogP) is 1.98. The Kier molecular flexibility index (Phi) is 4.45. The summed E-state index contributed by atoms with van der Waals surface area (Å²) in [5, 5.41) is 4.48. The number of amides is 1. The van der Waals surface area contributed by atoms with Crippen LogP contribution in [-0.4, -0.2) is 46.3 Å². The first-order valence-electron chi connectivity index (χ1n) is 8.67. The number of anilines is 2. The number of nitrogens with zero attached hydrogens (tertiary/aromatic N) is 6. The lowest BCUT2D eigenvalue weighted by atomic mass is 10.2. The van der Waals surface area contributed by atoms with E-state index in [1.807, 2.05) is 49.3 Å². The highest BCUT2D eigenvalue weighted by Gasteiger charge is 2.28. The number of hydrogen-bond acceptors (Lipinski definition) is 6. The summed E-state index contributed by atoms with van der Waals surface area (Å²) in [5.41, 5.74) is 1.25. The van der Waals surface area contributed by atoms with E-state index in [-0.39, 0.29) is 5.91 Å². The van der Waals surface area contributed by atoms with Crippen LogP contribution < -0.4 is 14.5 Å². The lowest BCUT2D eigenvalue weighted by molar-refractivity contribution is 0.0961. The van der Waals surface area contributed by atoms with Gasteiger partial charge in [-0.2, -0.15) is 5.10 Å². The molecule has 2 aromatic heterocycles. The molecule has 138 valence electrons. The van der Waals surface area contributed by atoms with Gasteiger partial charge in [0.05, 0.1) is 18.9 Å². The molecular formula is C19H20N6O2. The monoisotopic (exact) mass is 364 g/mol. The Hall–Kier alpha value is -3.42. The van der Waals surface area contributed by atoms with Crippen LogP contribution in [0.5, 0.6) is 5.75 Å². The van der Waals surface area contributed by atoms with E-state index in [4.69, 9.17) is 4.74 Å². The molecule has 8 nitrogen and oxygen atoms in total. The average Bonchev–Trinajstić information content (AvgIpc) is 3.12.